The summed E-state index contributed by atoms with van der Waals surface area (Å²) in [5, 5.41) is 3.10. The zero-order chi connectivity index (χ0) is 20.1. The van der Waals surface area contributed by atoms with Crippen molar-refractivity contribution in [2.24, 2.45) is 0 Å². The molecule has 0 bridgehead atoms. The molecule has 5 heteroatoms. The van der Waals surface area contributed by atoms with Gasteiger partial charge in [-0.15, -0.1) is 0 Å². The van der Waals surface area contributed by atoms with Crippen LogP contribution in [0.25, 0.3) is 11.1 Å². The standard InChI is InChI=1S/C24H28N2O3/c1-18-23(29-16-15-28-18)24(27)25-22-11-13-26(14-12-22)17-19-7-9-21(10-8-19)20-5-3-2-4-6-20/h2-10,22H,11-17H2,1H3,(H,25,27). The fraction of sp³-hybridized carbons (Fsp3) is 0.375. The van der Waals surface area contributed by atoms with Crippen LogP contribution in [0.3, 0.4) is 0 Å². The summed E-state index contributed by atoms with van der Waals surface area (Å²) in [6.45, 7) is 5.60. The SMILES string of the molecule is CC1=C(C(=O)NC2CCN(Cc3ccc(-c4ccccc4)cc3)CC2)OCCO1. The van der Waals surface area contributed by atoms with Crippen LogP contribution in [0.4, 0.5) is 0 Å². The average Bonchev–Trinajstić information content (AvgIpc) is 2.76. The number of benzene rings is 2. The van der Waals surface area contributed by atoms with Gasteiger partial charge in [0.1, 0.15) is 19.0 Å². The number of hydrogen-bond donors (Lipinski definition) is 1. The van der Waals surface area contributed by atoms with Gasteiger partial charge in [0, 0.05) is 25.7 Å². The number of nitrogens with one attached hydrogen (secondary N) is 1. The van der Waals surface area contributed by atoms with E-state index in [4.69, 9.17) is 9.47 Å². The Labute approximate surface area is 172 Å². The molecule has 1 N–H and O–H groups in total. The van der Waals surface area contributed by atoms with Crippen LogP contribution in [0.5, 0.6) is 0 Å². The minimum absolute atomic E-state index is 0.155. The van der Waals surface area contributed by atoms with Gasteiger partial charge in [-0.2, -0.15) is 0 Å². The normalized spacial score (nSPS) is 18.1. The lowest BCUT2D eigenvalue weighted by Crippen LogP contribution is -2.45. The van der Waals surface area contributed by atoms with Crippen molar-refractivity contribution in [3.63, 3.8) is 0 Å². The first-order chi connectivity index (χ1) is 14.2. The first kappa shape index (κ1) is 19.5. The van der Waals surface area contributed by atoms with Crippen LogP contribution in [0, 0.1) is 0 Å². The predicted octanol–water partition coefficient (Wildman–Crippen LogP) is 3.71. The van der Waals surface area contributed by atoms with Crippen molar-refractivity contribution in [1.82, 2.24) is 10.2 Å². The van der Waals surface area contributed by atoms with Gasteiger partial charge < -0.3 is 14.8 Å². The largest absolute Gasteiger partial charge is 0.491 e. The third-order valence-corrected chi connectivity index (χ3v) is 5.56. The molecule has 5 nitrogen and oxygen atoms in total. The van der Waals surface area contributed by atoms with Crippen LogP contribution in [-0.4, -0.2) is 43.2 Å². The molecule has 0 radical (unpaired) electrons. The highest BCUT2D eigenvalue weighted by molar-refractivity contribution is 5.92. The molecular weight excluding hydrogens is 364 g/mol. The lowest BCUT2D eigenvalue weighted by molar-refractivity contribution is -0.123. The maximum absolute atomic E-state index is 12.4. The van der Waals surface area contributed by atoms with Crippen LogP contribution < -0.4 is 5.32 Å². The number of carbonyl (C=O) groups excluding carboxylic acids is 1. The van der Waals surface area contributed by atoms with Crippen molar-refractivity contribution >= 4 is 5.91 Å². The second-order valence-corrected chi connectivity index (χ2v) is 7.67. The summed E-state index contributed by atoms with van der Waals surface area (Å²) in [6, 6.07) is 19.4. The molecule has 0 unspecified atom stereocenters. The van der Waals surface area contributed by atoms with E-state index >= 15 is 0 Å². The van der Waals surface area contributed by atoms with Crippen molar-refractivity contribution in [1.29, 1.82) is 0 Å². The highest BCUT2D eigenvalue weighted by atomic mass is 16.6. The van der Waals surface area contributed by atoms with E-state index in [2.05, 4.69) is 58.7 Å². The topological polar surface area (TPSA) is 50.8 Å². The number of rotatable bonds is 5. The number of nitrogens with zero attached hydrogens (tertiary/aromatic N) is 1. The smallest absolute Gasteiger partial charge is 0.290 e. The van der Waals surface area contributed by atoms with Crippen molar-refractivity contribution in [3.8, 4) is 11.1 Å². The summed E-state index contributed by atoms with van der Waals surface area (Å²) in [5.41, 5.74) is 3.81. The van der Waals surface area contributed by atoms with Gasteiger partial charge in [0.25, 0.3) is 5.91 Å². The minimum atomic E-state index is -0.155. The summed E-state index contributed by atoms with van der Waals surface area (Å²) in [7, 11) is 0. The molecule has 152 valence electrons. The Bertz CT molecular complexity index is 853. The molecule has 1 amide bonds. The van der Waals surface area contributed by atoms with Crippen LogP contribution >= 0.6 is 0 Å². The molecule has 0 saturated carbocycles. The second-order valence-electron chi connectivity index (χ2n) is 7.67. The molecule has 2 heterocycles. The van der Waals surface area contributed by atoms with Gasteiger partial charge >= 0.3 is 0 Å². The van der Waals surface area contributed by atoms with Gasteiger partial charge in [-0.1, -0.05) is 54.6 Å². The molecule has 2 aromatic rings. The fourth-order valence-corrected chi connectivity index (χ4v) is 3.91. The van der Waals surface area contributed by atoms with Gasteiger partial charge in [0.15, 0.2) is 0 Å². The molecule has 1 fully saturated rings. The highest BCUT2D eigenvalue weighted by Crippen LogP contribution is 2.21. The molecule has 29 heavy (non-hydrogen) atoms. The summed E-state index contributed by atoms with van der Waals surface area (Å²) < 4.78 is 10.9. The fourth-order valence-electron chi connectivity index (χ4n) is 3.91. The monoisotopic (exact) mass is 392 g/mol. The van der Waals surface area contributed by atoms with Gasteiger partial charge in [0.05, 0.1) is 0 Å². The van der Waals surface area contributed by atoms with Crippen molar-refractivity contribution in [3.05, 3.63) is 71.7 Å². The van der Waals surface area contributed by atoms with E-state index in [9.17, 15) is 4.79 Å². The van der Waals surface area contributed by atoms with Gasteiger partial charge in [0.2, 0.25) is 5.76 Å². The van der Waals surface area contributed by atoms with Crippen molar-refractivity contribution in [2.45, 2.75) is 32.4 Å². The predicted molar refractivity (Wildman–Crippen MR) is 113 cm³/mol. The van der Waals surface area contributed by atoms with E-state index < -0.39 is 0 Å². The van der Waals surface area contributed by atoms with E-state index in [-0.39, 0.29) is 11.9 Å². The lowest BCUT2D eigenvalue weighted by Gasteiger charge is -2.32. The third kappa shape index (κ3) is 4.98. The first-order valence-electron chi connectivity index (χ1n) is 10.3. The maximum atomic E-state index is 12.4. The Kier molecular flexibility index (Phi) is 6.15. The van der Waals surface area contributed by atoms with Crippen LogP contribution in [-0.2, 0) is 20.8 Å². The molecule has 0 aliphatic carbocycles. The molecule has 0 spiro atoms. The quantitative estimate of drug-likeness (QED) is 0.843. The summed E-state index contributed by atoms with van der Waals surface area (Å²) in [6.07, 6.45) is 1.89. The molecule has 2 aliphatic heterocycles. The van der Waals surface area contributed by atoms with Crippen LogP contribution in [0.15, 0.2) is 66.1 Å². The second kappa shape index (κ2) is 9.14. The van der Waals surface area contributed by atoms with Gasteiger partial charge in [-0.25, -0.2) is 0 Å². The molecule has 2 aliphatic rings. The molecule has 4 rings (SSSR count). The molecular formula is C24H28N2O3. The Morgan fingerprint density at radius 2 is 1.62 bits per heavy atom. The highest BCUT2D eigenvalue weighted by Gasteiger charge is 2.25. The number of hydrogen-bond acceptors (Lipinski definition) is 4. The van der Waals surface area contributed by atoms with Gasteiger partial charge in [-0.3, -0.25) is 9.69 Å². The Hall–Kier alpha value is -2.79. The number of ether oxygens (including phenoxy) is 2. The summed E-state index contributed by atoms with van der Waals surface area (Å²) >= 11 is 0. The molecule has 0 atom stereocenters. The summed E-state index contributed by atoms with van der Waals surface area (Å²) in [5.74, 6) is 0.750. The zero-order valence-corrected chi connectivity index (χ0v) is 16.9. The maximum Gasteiger partial charge on any atom is 0.290 e. The summed E-state index contributed by atoms with van der Waals surface area (Å²) in [4.78, 5) is 14.9. The van der Waals surface area contributed by atoms with Crippen molar-refractivity contribution < 1.29 is 14.3 Å². The lowest BCUT2D eigenvalue weighted by atomic mass is 10.0. The van der Waals surface area contributed by atoms with E-state index in [0.29, 0.717) is 24.7 Å². The number of carbonyl (C=O) groups is 1. The van der Waals surface area contributed by atoms with E-state index in [1.54, 1.807) is 6.92 Å². The van der Waals surface area contributed by atoms with E-state index in [1.165, 1.54) is 16.7 Å². The molecule has 2 aromatic carbocycles. The van der Waals surface area contributed by atoms with Crippen LogP contribution in [0.2, 0.25) is 0 Å². The molecule has 0 aromatic heterocycles. The average molecular weight is 392 g/mol. The Balaban J connectivity index is 1.26. The number of allylic oxidation sites excluding steroid dienone is 1. The van der Waals surface area contributed by atoms with Crippen molar-refractivity contribution in [2.75, 3.05) is 26.3 Å². The van der Waals surface area contributed by atoms with E-state index in [1.807, 2.05) is 6.07 Å². The molecule has 1 saturated heterocycles. The Morgan fingerprint density at radius 3 is 2.31 bits per heavy atom. The minimum Gasteiger partial charge on any atom is -0.491 e. The zero-order valence-electron chi connectivity index (χ0n) is 16.9. The number of amides is 1. The number of likely N-dealkylation sites (tertiary alicyclic amines) is 1. The van der Waals surface area contributed by atoms with E-state index in [0.717, 1.165) is 32.5 Å². The van der Waals surface area contributed by atoms with Crippen LogP contribution in [0.1, 0.15) is 25.3 Å². The third-order valence-electron chi connectivity index (χ3n) is 5.56. The first-order valence-corrected chi connectivity index (χ1v) is 10.3. The van der Waals surface area contributed by atoms with Gasteiger partial charge in [-0.05, 0) is 36.5 Å². The number of piperidine rings is 1. The Morgan fingerprint density at radius 1 is 0.966 bits per heavy atom.